The molecule has 1 N–H and O–H groups in total. The second-order valence-corrected chi connectivity index (χ2v) is 8.26. The summed E-state index contributed by atoms with van der Waals surface area (Å²) in [5, 5.41) is 7.33. The van der Waals surface area contributed by atoms with Crippen LogP contribution in [0.4, 0.5) is 5.69 Å². The van der Waals surface area contributed by atoms with E-state index in [2.05, 4.69) is 27.3 Å². The van der Waals surface area contributed by atoms with Crippen molar-refractivity contribution in [1.29, 1.82) is 0 Å². The number of hydrogen-bond acceptors (Lipinski definition) is 6. The van der Waals surface area contributed by atoms with Crippen molar-refractivity contribution in [3.63, 3.8) is 0 Å². The van der Waals surface area contributed by atoms with E-state index in [1.807, 2.05) is 0 Å². The molecular formula is C21H35N5O3. The van der Waals surface area contributed by atoms with Crippen LogP contribution in [0.25, 0.3) is 0 Å². The predicted molar refractivity (Wildman–Crippen MR) is 113 cm³/mol. The van der Waals surface area contributed by atoms with Crippen molar-refractivity contribution in [2.24, 2.45) is 5.92 Å². The van der Waals surface area contributed by atoms with E-state index in [4.69, 9.17) is 4.74 Å². The number of methoxy groups -OCH3 is 1. The molecule has 1 aliphatic heterocycles. The zero-order chi connectivity index (χ0) is 20.6. The number of nitrogens with one attached hydrogen (secondary N) is 1. The highest BCUT2D eigenvalue weighted by Crippen LogP contribution is 2.23. The van der Waals surface area contributed by atoms with Gasteiger partial charge in [-0.2, -0.15) is 5.10 Å². The number of amides is 1. The molecule has 2 heterocycles. The van der Waals surface area contributed by atoms with Gasteiger partial charge in [-0.05, 0) is 26.3 Å². The first kappa shape index (κ1) is 21.8. The SMILES string of the molecule is COCCn1ncc(N2CCC(C(=O)NCCN(C)C3CCCCC3)C2)cc1=O. The minimum absolute atomic E-state index is 0.0362. The van der Waals surface area contributed by atoms with Gasteiger partial charge >= 0.3 is 0 Å². The van der Waals surface area contributed by atoms with Gasteiger partial charge in [0.05, 0.1) is 31.0 Å². The van der Waals surface area contributed by atoms with Crippen molar-refractivity contribution in [3.8, 4) is 0 Å². The average molecular weight is 406 g/mol. The molecule has 29 heavy (non-hydrogen) atoms. The third kappa shape index (κ3) is 6.02. The zero-order valence-electron chi connectivity index (χ0n) is 17.8. The van der Waals surface area contributed by atoms with Crippen LogP contribution < -0.4 is 15.8 Å². The molecule has 1 aromatic heterocycles. The third-order valence-corrected chi connectivity index (χ3v) is 6.25. The lowest BCUT2D eigenvalue weighted by atomic mass is 9.94. The maximum atomic E-state index is 12.6. The monoisotopic (exact) mass is 405 g/mol. The molecular weight excluding hydrogens is 370 g/mol. The molecule has 3 rings (SSSR count). The van der Waals surface area contributed by atoms with Gasteiger partial charge in [0.15, 0.2) is 0 Å². The normalized spacial score (nSPS) is 20.4. The number of anilines is 1. The molecule has 0 bridgehead atoms. The molecule has 1 saturated carbocycles. The van der Waals surface area contributed by atoms with Gasteiger partial charge in [-0.25, -0.2) is 4.68 Å². The zero-order valence-corrected chi connectivity index (χ0v) is 17.8. The quantitative estimate of drug-likeness (QED) is 0.663. The molecule has 1 aromatic rings. The van der Waals surface area contributed by atoms with E-state index in [-0.39, 0.29) is 17.4 Å². The Labute approximate surface area is 173 Å². The van der Waals surface area contributed by atoms with Crippen molar-refractivity contribution < 1.29 is 9.53 Å². The number of nitrogens with zero attached hydrogens (tertiary/aromatic N) is 4. The van der Waals surface area contributed by atoms with Gasteiger partial charge < -0.3 is 19.9 Å². The van der Waals surface area contributed by atoms with Crippen molar-refractivity contribution in [3.05, 3.63) is 22.6 Å². The Morgan fingerprint density at radius 3 is 2.83 bits per heavy atom. The fraction of sp³-hybridized carbons (Fsp3) is 0.762. The largest absolute Gasteiger partial charge is 0.383 e. The molecule has 2 aliphatic rings. The maximum Gasteiger partial charge on any atom is 0.268 e. The molecule has 2 fully saturated rings. The van der Waals surface area contributed by atoms with E-state index in [1.165, 1.54) is 36.8 Å². The predicted octanol–water partition coefficient (Wildman–Crippen LogP) is 1.10. The minimum atomic E-state index is -0.141. The molecule has 1 unspecified atom stereocenters. The Balaban J connectivity index is 1.43. The Hall–Kier alpha value is -1.93. The van der Waals surface area contributed by atoms with Crippen molar-refractivity contribution >= 4 is 11.6 Å². The molecule has 0 radical (unpaired) electrons. The standard InChI is InChI=1S/C21H35N5O3/c1-24(18-6-4-3-5-7-18)11-9-22-21(28)17-8-10-25(16-17)19-14-20(27)26(23-15-19)12-13-29-2/h14-15,17-18H,3-13,16H2,1-2H3,(H,22,28). The minimum Gasteiger partial charge on any atom is -0.383 e. The highest BCUT2D eigenvalue weighted by molar-refractivity contribution is 5.80. The first-order valence-electron chi connectivity index (χ1n) is 10.9. The lowest BCUT2D eigenvalue weighted by Gasteiger charge is -2.31. The number of ether oxygens (including phenoxy) is 1. The summed E-state index contributed by atoms with van der Waals surface area (Å²) in [4.78, 5) is 29.2. The van der Waals surface area contributed by atoms with Crippen LogP contribution in [0, 0.1) is 5.92 Å². The maximum absolute atomic E-state index is 12.6. The molecule has 8 heteroatoms. The van der Waals surface area contributed by atoms with Crippen molar-refractivity contribution in [1.82, 2.24) is 20.0 Å². The van der Waals surface area contributed by atoms with E-state index in [0.29, 0.717) is 32.3 Å². The summed E-state index contributed by atoms with van der Waals surface area (Å²) in [6, 6.07) is 2.27. The molecule has 1 saturated heterocycles. The summed E-state index contributed by atoms with van der Waals surface area (Å²) in [6.45, 7) is 3.89. The van der Waals surface area contributed by atoms with E-state index in [0.717, 1.165) is 25.2 Å². The highest BCUT2D eigenvalue weighted by Gasteiger charge is 2.29. The molecule has 1 amide bonds. The Bertz CT molecular complexity index is 717. The summed E-state index contributed by atoms with van der Waals surface area (Å²) in [5.41, 5.74) is 0.647. The van der Waals surface area contributed by atoms with Gasteiger partial charge in [0.1, 0.15) is 0 Å². The molecule has 1 atom stereocenters. The number of carbonyl (C=O) groups is 1. The van der Waals surface area contributed by atoms with Gasteiger partial charge in [-0.3, -0.25) is 9.59 Å². The first-order valence-corrected chi connectivity index (χ1v) is 10.9. The van der Waals surface area contributed by atoms with E-state index in [9.17, 15) is 9.59 Å². The second-order valence-electron chi connectivity index (χ2n) is 8.26. The number of aromatic nitrogens is 2. The Morgan fingerprint density at radius 2 is 2.10 bits per heavy atom. The van der Waals surface area contributed by atoms with Crippen LogP contribution in [0.3, 0.4) is 0 Å². The number of carbonyl (C=O) groups excluding carboxylic acids is 1. The van der Waals surface area contributed by atoms with Crippen LogP contribution in [0.5, 0.6) is 0 Å². The van der Waals surface area contributed by atoms with Crippen LogP contribution in [0.2, 0.25) is 0 Å². The Morgan fingerprint density at radius 1 is 1.31 bits per heavy atom. The lowest BCUT2D eigenvalue weighted by Crippen LogP contribution is -2.41. The summed E-state index contributed by atoms with van der Waals surface area (Å²) >= 11 is 0. The Kier molecular flexibility index (Phi) is 8.06. The summed E-state index contributed by atoms with van der Waals surface area (Å²) in [5.74, 6) is 0.0804. The van der Waals surface area contributed by atoms with Crippen LogP contribution in [0.15, 0.2) is 17.1 Å². The van der Waals surface area contributed by atoms with Gasteiger partial charge in [-0.15, -0.1) is 0 Å². The van der Waals surface area contributed by atoms with Crippen LogP contribution in [-0.2, 0) is 16.1 Å². The van der Waals surface area contributed by atoms with Gasteiger partial charge in [-0.1, -0.05) is 19.3 Å². The number of likely N-dealkylation sites (N-methyl/N-ethyl adjacent to an activating group) is 1. The topological polar surface area (TPSA) is 79.7 Å². The fourth-order valence-electron chi connectivity index (χ4n) is 4.36. The van der Waals surface area contributed by atoms with Crippen LogP contribution in [-0.4, -0.2) is 73.6 Å². The fourth-order valence-corrected chi connectivity index (χ4v) is 4.36. The molecule has 0 spiro atoms. The van der Waals surface area contributed by atoms with E-state index in [1.54, 1.807) is 19.4 Å². The lowest BCUT2D eigenvalue weighted by molar-refractivity contribution is -0.124. The summed E-state index contributed by atoms with van der Waals surface area (Å²) < 4.78 is 6.39. The first-order chi connectivity index (χ1) is 14.1. The highest BCUT2D eigenvalue weighted by atomic mass is 16.5. The van der Waals surface area contributed by atoms with E-state index >= 15 is 0 Å². The molecule has 1 aliphatic carbocycles. The molecule has 0 aromatic carbocycles. The van der Waals surface area contributed by atoms with Crippen molar-refractivity contribution in [2.45, 2.75) is 51.1 Å². The van der Waals surface area contributed by atoms with Gasteiger partial charge in [0, 0.05) is 45.4 Å². The second kappa shape index (κ2) is 10.7. The number of rotatable bonds is 9. The molecule has 162 valence electrons. The average Bonchev–Trinajstić information content (AvgIpc) is 3.24. The van der Waals surface area contributed by atoms with E-state index < -0.39 is 0 Å². The summed E-state index contributed by atoms with van der Waals surface area (Å²) in [6.07, 6.45) is 9.07. The van der Waals surface area contributed by atoms with Crippen molar-refractivity contribution in [2.75, 3.05) is 51.8 Å². The summed E-state index contributed by atoms with van der Waals surface area (Å²) in [7, 11) is 3.77. The van der Waals surface area contributed by atoms with Gasteiger partial charge in [0.25, 0.3) is 5.56 Å². The smallest absolute Gasteiger partial charge is 0.268 e. The van der Waals surface area contributed by atoms with Crippen LogP contribution in [0.1, 0.15) is 38.5 Å². The molecule has 8 nitrogen and oxygen atoms in total. The third-order valence-electron chi connectivity index (χ3n) is 6.25. The number of hydrogen-bond donors (Lipinski definition) is 1. The van der Waals surface area contributed by atoms with Crippen LogP contribution >= 0.6 is 0 Å². The van der Waals surface area contributed by atoms with Gasteiger partial charge in [0.2, 0.25) is 5.91 Å².